The number of carbonyl (C=O) groups is 2. The third-order valence-electron chi connectivity index (χ3n) is 3.89. The van der Waals surface area contributed by atoms with Crippen molar-refractivity contribution in [1.82, 2.24) is 10.3 Å². The standard InChI is InChI=1S/C21H19N3O3/c1-27-19-9-3-6-16(12-19)20(25)23-13-15-5-2-8-18(11-15)24-21(26)17-7-4-10-22-14-17/h2-12,14H,13H2,1H3,(H,23,25)(H,24,26). The van der Waals surface area contributed by atoms with Gasteiger partial charge in [-0.2, -0.15) is 0 Å². The first-order chi connectivity index (χ1) is 13.2. The molecule has 2 N–H and O–H groups in total. The van der Waals surface area contributed by atoms with Crippen LogP contribution >= 0.6 is 0 Å². The molecule has 0 aliphatic rings. The number of benzene rings is 2. The number of hydrogen-bond acceptors (Lipinski definition) is 4. The second kappa shape index (κ2) is 8.62. The molecule has 0 fully saturated rings. The van der Waals surface area contributed by atoms with Gasteiger partial charge in [-0.25, -0.2) is 0 Å². The molecular formula is C21H19N3O3. The molecule has 0 saturated carbocycles. The Balaban J connectivity index is 1.62. The van der Waals surface area contributed by atoms with Crippen molar-refractivity contribution in [2.75, 3.05) is 12.4 Å². The highest BCUT2D eigenvalue weighted by atomic mass is 16.5. The summed E-state index contributed by atoms with van der Waals surface area (Å²) in [4.78, 5) is 28.4. The van der Waals surface area contributed by atoms with Gasteiger partial charge in [0.2, 0.25) is 0 Å². The molecule has 1 aromatic heterocycles. The van der Waals surface area contributed by atoms with Gasteiger partial charge in [-0.1, -0.05) is 18.2 Å². The summed E-state index contributed by atoms with van der Waals surface area (Å²) in [5.41, 5.74) is 2.52. The SMILES string of the molecule is COc1cccc(C(=O)NCc2cccc(NC(=O)c3cccnc3)c2)c1. The minimum atomic E-state index is -0.235. The zero-order chi connectivity index (χ0) is 19.1. The second-order valence-electron chi connectivity index (χ2n) is 5.81. The van der Waals surface area contributed by atoms with Crippen molar-refractivity contribution in [2.45, 2.75) is 6.54 Å². The van der Waals surface area contributed by atoms with E-state index >= 15 is 0 Å². The summed E-state index contributed by atoms with van der Waals surface area (Å²) in [5, 5.41) is 5.69. The Labute approximate surface area is 157 Å². The molecule has 6 nitrogen and oxygen atoms in total. The Bertz CT molecular complexity index is 942. The van der Waals surface area contributed by atoms with Crippen LogP contribution in [0.1, 0.15) is 26.3 Å². The van der Waals surface area contributed by atoms with Crippen LogP contribution in [0.2, 0.25) is 0 Å². The first-order valence-electron chi connectivity index (χ1n) is 8.38. The Kier molecular flexibility index (Phi) is 5.79. The first kappa shape index (κ1) is 18.1. The number of nitrogens with zero attached hydrogens (tertiary/aromatic N) is 1. The minimum absolute atomic E-state index is 0.196. The zero-order valence-corrected chi connectivity index (χ0v) is 14.8. The molecule has 3 rings (SSSR count). The highest BCUT2D eigenvalue weighted by molar-refractivity contribution is 6.04. The fourth-order valence-electron chi connectivity index (χ4n) is 2.51. The molecule has 0 bridgehead atoms. The number of anilines is 1. The number of methoxy groups -OCH3 is 1. The predicted octanol–water partition coefficient (Wildman–Crippen LogP) is 3.27. The van der Waals surface area contributed by atoms with E-state index in [1.54, 1.807) is 55.8 Å². The molecule has 0 unspecified atom stereocenters. The van der Waals surface area contributed by atoms with E-state index in [9.17, 15) is 9.59 Å². The molecule has 27 heavy (non-hydrogen) atoms. The summed E-state index contributed by atoms with van der Waals surface area (Å²) in [6.07, 6.45) is 3.12. The number of hydrogen-bond donors (Lipinski definition) is 2. The summed E-state index contributed by atoms with van der Waals surface area (Å²) in [7, 11) is 1.56. The Hall–Kier alpha value is -3.67. The summed E-state index contributed by atoms with van der Waals surface area (Å²) in [5.74, 6) is 0.196. The van der Waals surface area contributed by atoms with Gasteiger partial charge in [0, 0.05) is 30.2 Å². The second-order valence-corrected chi connectivity index (χ2v) is 5.81. The lowest BCUT2D eigenvalue weighted by atomic mass is 10.1. The van der Waals surface area contributed by atoms with Crippen LogP contribution < -0.4 is 15.4 Å². The minimum Gasteiger partial charge on any atom is -0.497 e. The van der Waals surface area contributed by atoms with Crippen LogP contribution in [0.15, 0.2) is 73.1 Å². The summed E-state index contributed by atoms with van der Waals surface area (Å²) in [6.45, 7) is 0.340. The number of aromatic nitrogens is 1. The van der Waals surface area contributed by atoms with Crippen LogP contribution in [-0.4, -0.2) is 23.9 Å². The van der Waals surface area contributed by atoms with Gasteiger partial charge >= 0.3 is 0 Å². The molecule has 0 aliphatic carbocycles. The molecule has 1 heterocycles. The van der Waals surface area contributed by atoms with Crippen molar-refractivity contribution >= 4 is 17.5 Å². The average molecular weight is 361 g/mol. The highest BCUT2D eigenvalue weighted by Crippen LogP contribution is 2.14. The molecule has 0 atom stereocenters. The smallest absolute Gasteiger partial charge is 0.257 e. The Morgan fingerprint density at radius 1 is 0.963 bits per heavy atom. The molecule has 2 aromatic carbocycles. The highest BCUT2D eigenvalue weighted by Gasteiger charge is 2.08. The molecule has 0 radical (unpaired) electrons. The van der Waals surface area contributed by atoms with Gasteiger partial charge in [-0.05, 0) is 48.0 Å². The van der Waals surface area contributed by atoms with Gasteiger partial charge in [0.05, 0.1) is 12.7 Å². The van der Waals surface area contributed by atoms with Crippen molar-refractivity contribution < 1.29 is 14.3 Å². The molecule has 0 aliphatic heterocycles. The maximum Gasteiger partial charge on any atom is 0.257 e. The van der Waals surface area contributed by atoms with Gasteiger partial charge in [0.1, 0.15) is 5.75 Å². The molecule has 0 saturated heterocycles. The number of pyridine rings is 1. The van der Waals surface area contributed by atoms with E-state index in [1.165, 1.54) is 6.20 Å². The molecular weight excluding hydrogens is 342 g/mol. The average Bonchev–Trinajstić information content (AvgIpc) is 2.73. The maximum absolute atomic E-state index is 12.3. The topological polar surface area (TPSA) is 80.3 Å². The lowest BCUT2D eigenvalue weighted by Crippen LogP contribution is -2.22. The largest absolute Gasteiger partial charge is 0.497 e. The lowest BCUT2D eigenvalue weighted by molar-refractivity contribution is 0.0949. The fourth-order valence-corrected chi connectivity index (χ4v) is 2.51. The van der Waals surface area contributed by atoms with Gasteiger partial charge in [0.15, 0.2) is 0 Å². The van der Waals surface area contributed by atoms with Crippen LogP contribution in [0.25, 0.3) is 0 Å². The van der Waals surface area contributed by atoms with Gasteiger partial charge in [-0.3, -0.25) is 14.6 Å². The third-order valence-corrected chi connectivity index (χ3v) is 3.89. The van der Waals surface area contributed by atoms with Gasteiger partial charge < -0.3 is 15.4 Å². The van der Waals surface area contributed by atoms with E-state index in [4.69, 9.17) is 4.74 Å². The van der Waals surface area contributed by atoms with E-state index in [0.29, 0.717) is 29.1 Å². The monoisotopic (exact) mass is 361 g/mol. The first-order valence-corrected chi connectivity index (χ1v) is 8.38. The quantitative estimate of drug-likeness (QED) is 0.706. The lowest BCUT2D eigenvalue weighted by Gasteiger charge is -2.09. The molecule has 6 heteroatoms. The van der Waals surface area contributed by atoms with Crippen molar-refractivity contribution in [3.8, 4) is 5.75 Å². The molecule has 3 aromatic rings. The maximum atomic E-state index is 12.3. The van der Waals surface area contributed by atoms with Crippen LogP contribution in [0.4, 0.5) is 5.69 Å². The van der Waals surface area contributed by atoms with E-state index in [0.717, 1.165) is 5.56 Å². The van der Waals surface area contributed by atoms with Crippen molar-refractivity contribution in [1.29, 1.82) is 0 Å². The van der Waals surface area contributed by atoms with E-state index in [-0.39, 0.29) is 11.8 Å². The van der Waals surface area contributed by atoms with Crippen LogP contribution in [0.3, 0.4) is 0 Å². The molecule has 2 amide bonds. The normalized spacial score (nSPS) is 10.1. The molecule has 136 valence electrons. The van der Waals surface area contributed by atoms with E-state index < -0.39 is 0 Å². The molecule has 0 spiro atoms. The van der Waals surface area contributed by atoms with Crippen LogP contribution in [0, 0.1) is 0 Å². The third kappa shape index (κ3) is 4.92. The van der Waals surface area contributed by atoms with Crippen molar-refractivity contribution in [3.05, 3.63) is 89.7 Å². The van der Waals surface area contributed by atoms with Crippen molar-refractivity contribution in [2.24, 2.45) is 0 Å². The van der Waals surface area contributed by atoms with Crippen molar-refractivity contribution in [3.63, 3.8) is 0 Å². The number of rotatable bonds is 6. The summed E-state index contributed by atoms with van der Waals surface area (Å²) in [6, 6.07) is 17.7. The van der Waals surface area contributed by atoms with Crippen LogP contribution in [0.5, 0.6) is 5.75 Å². The predicted molar refractivity (Wildman–Crippen MR) is 103 cm³/mol. The number of ether oxygens (including phenoxy) is 1. The number of amides is 2. The Morgan fingerprint density at radius 2 is 1.78 bits per heavy atom. The van der Waals surface area contributed by atoms with E-state index in [1.807, 2.05) is 18.2 Å². The fraction of sp³-hybridized carbons (Fsp3) is 0.0952. The summed E-state index contributed by atoms with van der Waals surface area (Å²) < 4.78 is 5.13. The number of nitrogens with one attached hydrogen (secondary N) is 2. The Morgan fingerprint density at radius 3 is 2.56 bits per heavy atom. The van der Waals surface area contributed by atoms with Gasteiger partial charge in [-0.15, -0.1) is 0 Å². The number of carbonyl (C=O) groups excluding carboxylic acids is 2. The zero-order valence-electron chi connectivity index (χ0n) is 14.8. The van der Waals surface area contributed by atoms with Gasteiger partial charge in [0.25, 0.3) is 11.8 Å². The van der Waals surface area contributed by atoms with Crippen LogP contribution in [-0.2, 0) is 6.54 Å². The summed E-state index contributed by atoms with van der Waals surface area (Å²) >= 11 is 0. The van der Waals surface area contributed by atoms with E-state index in [2.05, 4.69) is 15.6 Å².